The van der Waals surface area contributed by atoms with Crippen LogP contribution in [0, 0.1) is 0 Å². The lowest BCUT2D eigenvalue weighted by molar-refractivity contribution is 0.184. The van der Waals surface area contributed by atoms with Crippen molar-refractivity contribution in [2.45, 2.75) is 6.10 Å². The van der Waals surface area contributed by atoms with Crippen molar-refractivity contribution in [3.63, 3.8) is 0 Å². The van der Waals surface area contributed by atoms with Gasteiger partial charge in [0.1, 0.15) is 0 Å². The smallest absolute Gasteiger partial charge is 0.333 e. The lowest BCUT2D eigenvalue weighted by Gasteiger charge is -2.18. The standard InChI is InChI=1S/C10H16NO4P/c1-14-16(13,15-2)7-10(12)8-5-3-4-6-9(8)11/h3-6,10,12H,7,11H2,1-2H3/t10-/m1/s1. The highest BCUT2D eigenvalue weighted by molar-refractivity contribution is 7.53. The van der Waals surface area contributed by atoms with E-state index in [0.29, 0.717) is 11.3 Å². The Balaban J connectivity index is 2.84. The number of hydrogen-bond acceptors (Lipinski definition) is 5. The lowest BCUT2D eigenvalue weighted by Crippen LogP contribution is -2.08. The van der Waals surface area contributed by atoms with E-state index in [1.807, 2.05) is 0 Å². The molecule has 1 aromatic rings. The Hall–Kier alpha value is -0.870. The van der Waals surface area contributed by atoms with Crippen molar-refractivity contribution in [2.75, 3.05) is 26.1 Å². The monoisotopic (exact) mass is 245 g/mol. The third kappa shape index (κ3) is 3.06. The fraction of sp³-hybridized carbons (Fsp3) is 0.400. The predicted molar refractivity (Wildman–Crippen MR) is 62.3 cm³/mol. The van der Waals surface area contributed by atoms with Gasteiger partial charge in [0.05, 0.1) is 12.3 Å². The van der Waals surface area contributed by atoms with Crippen molar-refractivity contribution in [3.8, 4) is 0 Å². The summed E-state index contributed by atoms with van der Waals surface area (Å²) in [7, 11) is -0.662. The van der Waals surface area contributed by atoms with Crippen LogP contribution in [0.3, 0.4) is 0 Å². The average molecular weight is 245 g/mol. The Bertz CT molecular complexity index is 388. The Morgan fingerprint density at radius 1 is 1.38 bits per heavy atom. The van der Waals surface area contributed by atoms with Crippen LogP contribution >= 0.6 is 7.60 Å². The molecule has 90 valence electrons. The molecule has 3 N–H and O–H groups in total. The van der Waals surface area contributed by atoms with E-state index < -0.39 is 13.7 Å². The second kappa shape index (κ2) is 5.46. The van der Waals surface area contributed by atoms with Gasteiger partial charge in [-0.25, -0.2) is 0 Å². The van der Waals surface area contributed by atoms with Crippen molar-refractivity contribution < 1.29 is 18.7 Å². The van der Waals surface area contributed by atoms with Crippen LogP contribution in [0.15, 0.2) is 24.3 Å². The van der Waals surface area contributed by atoms with Crippen LogP contribution in [0.1, 0.15) is 11.7 Å². The van der Waals surface area contributed by atoms with E-state index in [2.05, 4.69) is 0 Å². The van der Waals surface area contributed by atoms with Gasteiger partial charge in [0.2, 0.25) is 0 Å². The molecule has 0 heterocycles. The second-order valence-corrected chi connectivity index (χ2v) is 5.62. The van der Waals surface area contributed by atoms with Crippen molar-refractivity contribution in [1.29, 1.82) is 0 Å². The zero-order chi connectivity index (χ0) is 12.2. The molecule has 0 amide bonds. The first-order valence-corrected chi connectivity index (χ1v) is 6.48. The predicted octanol–water partition coefficient (Wildman–Crippen LogP) is 1.79. The number of anilines is 1. The maximum atomic E-state index is 11.8. The number of nitrogens with two attached hydrogens (primary N) is 1. The molecule has 0 aromatic heterocycles. The van der Waals surface area contributed by atoms with Crippen molar-refractivity contribution in [1.82, 2.24) is 0 Å². The molecule has 0 unspecified atom stereocenters. The van der Waals surface area contributed by atoms with Gasteiger partial charge in [-0.3, -0.25) is 4.57 Å². The maximum absolute atomic E-state index is 11.8. The molecular formula is C10H16NO4P. The molecule has 0 radical (unpaired) electrons. The van der Waals surface area contributed by atoms with Gasteiger partial charge in [0.15, 0.2) is 0 Å². The van der Waals surface area contributed by atoms with Crippen LogP contribution < -0.4 is 5.73 Å². The van der Waals surface area contributed by atoms with E-state index in [4.69, 9.17) is 14.8 Å². The van der Waals surface area contributed by atoms with Gasteiger partial charge in [-0.1, -0.05) is 18.2 Å². The summed E-state index contributed by atoms with van der Waals surface area (Å²) >= 11 is 0. The zero-order valence-electron chi connectivity index (χ0n) is 9.29. The van der Waals surface area contributed by atoms with Gasteiger partial charge in [-0.05, 0) is 6.07 Å². The van der Waals surface area contributed by atoms with Crippen LogP contribution in [0.25, 0.3) is 0 Å². The number of nitrogen functional groups attached to an aromatic ring is 1. The molecule has 1 atom stereocenters. The molecule has 0 aliphatic heterocycles. The Morgan fingerprint density at radius 2 is 1.94 bits per heavy atom. The first-order valence-electron chi connectivity index (χ1n) is 4.75. The summed E-state index contributed by atoms with van der Waals surface area (Å²) in [6.07, 6.45) is -1.08. The van der Waals surface area contributed by atoms with Gasteiger partial charge in [0, 0.05) is 25.5 Å². The minimum Gasteiger partial charge on any atom is -0.398 e. The van der Waals surface area contributed by atoms with Gasteiger partial charge < -0.3 is 19.9 Å². The van der Waals surface area contributed by atoms with Crippen LogP contribution in [-0.2, 0) is 13.6 Å². The van der Waals surface area contributed by atoms with E-state index >= 15 is 0 Å². The van der Waals surface area contributed by atoms with Crippen LogP contribution in [0.4, 0.5) is 5.69 Å². The third-order valence-corrected chi connectivity index (χ3v) is 4.21. The van der Waals surface area contributed by atoms with Crippen LogP contribution in [0.5, 0.6) is 0 Å². The Kier molecular flexibility index (Phi) is 4.50. The molecule has 0 aliphatic rings. The van der Waals surface area contributed by atoms with Crippen LogP contribution in [0.2, 0.25) is 0 Å². The van der Waals surface area contributed by atoms with Crippen molar-refractivity contribution in [2.24, 2.45) is 0 Å². The minimum atomic E-state index is -3.23. The summed E-state index contributed by atoms with van der Waals surface area (Å²) in [6.45, 7) is 0. The van der Waals surface area contributed by atoms with Gasteiger partial charge in [-0.15, -0.1) is 0 Å². The largest absolute Gasteiger partial charge is 0.398 e. The SMILES string of the molecule is COP(=O)(C[C@@H](O)c1ccccc1N)OC. The summed E-state index contributed by atoms with van der Waals surface area (Å²) in [4.78, 5) is 0. The topological polar surface area (TPSA) is 81.8 Å². The molecule has 0 fully saturated rings. The van der Waals surface area contributed by atoms with Crippen molar-refractivity contribution in [3.05, 3.63) is 29.8 Å². The second-order valence-electron chi connectivity index (χ2n) is 3.30. The summed E-state index contributed by atoms with van der Waals surface area (Å²) < 4.78 is 21.3. The quantitative estimate of drug-likeness (QED) is 0.610. The number of benzene rings is 1. The molecule has 6 heteroatoms. The van der Waals surface area contributed by atoms with E-state index in [9.17, 15) is 9.67 Å². The third-order valence-electron chi connectivity index (χ3n) is 2.31. The summed E-state index contributed by atoms with van der Waals surface area (Å²) in [5.74, 6) is 0. The molecule has 0 saturated carbocycles. The highest BCUT2D eigenvalue weighted by atomic mass is 31.2. The number of aliphatic hydroxyl groups is 1. The summed E-state index contributed by atoms with van der Waals surface area (Å²) in [5, 5.41) is 9.89. The fourth-order valence-corrected chi connectivity index (χ4v) is 2.42. The van der Waals surface area contributed by atoms with Crippen LogP contribution in [-0.4, -0.2) is 25.5 Å². The molecule has 0 spiro atoms. The number of hydrogen-bond donors (Lipinski definition) is 2. The highest BCUT2D eigenvalue weighted by Gasteiger charge is 2.27. The first kappa shape index (κ1) is 13.2. The highest BCUT2D eigenvalue weighted by Crippen LogP contribution is 2.49. The molecular weight excluding hydrogens is 229 g/mol. The van der Waals surface area contributed by atoms with E-state index in [1.165, 1.54) is 14.2 Å². The first-order chi connectivity index (χ1) is 7.52. The molecule has 1 aromatic carbocycles. The number of rotatable bonds is 5. The fourth-order valence-electron chi connectivity index (χ4n) is 1.35. The number of aliphatic hydroxyl groups excluding tert-OH is 1. The van der Waals surface area contributed by atoms with Gasteiger partial charge in [0.25, 0.3) is 0 Å². The summed E-state index contributed by atoms with van der Waals surface area (Å²) in [6, 6.07) is 6.86. The molecule has 16 heavy (non-hydrogen) atoms. The molecule has 5 nitrogen and oxygen atoms in total. The molecule has 0 bridgehead atoms. The minimum absolute atomic E-state index is 0.117. The normalized spacial score (nSPS) is 13.7. The zero-order valence-corrected chi connectivity index (χ0v) is 10.2. The Morgan fingerprint density at radius 3 is 2.44 bits per heavy atom. The number of para-hydroxylation sites is 1. The van der Waals surface area contributed by atoms with E-state index in [-0.39, 0.29) is 6.16 Å². The van der Waals surface area contributed by atoms with E-state index in [1.54, 1.807) is 24.3 Å². The van der Waals surface area contributed by atoms with E-state index in [0.717, 1.165) is 0 Å². The van der Waals surface area contributed by atoms with Gasteiger partial charge in [-0.2, -0.15) is 0 Å². The maximum Gasteiger partial charge on any atom is 0.333 e. The lowest BCUT2D eigenvalue weighted by atomic mass is 10.1. The van der Waals surface area contributed by atoms with Crippen molar-refractivity contribution >= 4 is 13.3 Å². The Labute approximate surface area is 94.7 Å². The van der Waals surface area contributed by atoms with Gasteiger partial charge >= 0.3 is 7.60 Å². The average Bonchev–Trinajstić information content (AvgIpc) is 2.29. The molecule has 0 saturated heterocycles. The summed E-state index contributed by atoms with van der Waals surface area (Å²) in [5.41, 5.74) is 6.67. The molecule has 0 aliphatic carbocycles. The molecule has 1 rings (SSSR count).